The van der Waals surface area contributed by atoms with Gasteiger partial charge in [-0.1, -0.05) is 76.5 Å². The summed E-state index contributed by atoms with van der Waals surface area (Å²) in [7, 11) is -3.57. The first-order valence-electron chi connectivity index (χ1n) is 8.11. The Hall–Kier alpha value is -0.870. The molecule has 120 valence electrons. The normalized spacial score (nSPS) is 11.7. The van der Waals surface area contributed by atoms with Crippen LogP contribution >= 0.6 is 0 Å². The largest absolute Gasteiger partial charge is 0.296 e. The monoisotopic (exact) mass is 312 g/mol. The van der Waals surface area contributed by atoms with Gasteiger partial charge in [0, 0.05) is 0 Å². The van der Waals surface area contributed by atoms with E-state index in [1.54, 1.807) is 30.3 Å². The molecule has 1 aromatic carbocycles. The molecule has 0 saturated carbocycles. The fourth-order valence-electron chi connectivity index (χ4n) is 2.24. The van der Waals surface area contributed by atoms with Crippen LogP contribution in [0.4, 0.5) is 0 Å². The van der Waals surface area contributed by atoms with Crippen LogP contribution < -0.4 is 0 Å². The van der Waals surface area contributed by atoms with Crippen molar-refractivity contribution in [1.82, 2.24) is 0 Å². The molecular weight excluding hydrogens is 284 g/mol. The lowest BCUT2D eigenvalue weighted by Gasteiger charge is -2.05. The number of rotatable bonds is 12. The van der Waals surface area contributed by atoms with Crippen molar-refractivity contribution < 1.29 is 12.6 Å². The van der Waals surface area contributed by atoms with Gasteiger partial charge in [0.25, 0.3) is 10.1 Å². The molecule has 1 rings (SSSR count). The van der Waals surface area contributed by atoms with Crippen molar-refractivity contribution in [3.05, 3.63) is 30.3 Å². The lowest BCUT2D eigenvalue weighted by molar-refractivity contribution is 0.306. The van der Waals surface area contributed by atoms with Crippen LogP contribution in [0.3, 0.4) is 0 Å². The SMILES string of the molecule is CCCCCCCCCCCOS(=O)(=O)c1ccccc1. The second kappa shape index (κ2) is 10.8. The first kappa shape index (κ1) is 18.2. The molecule has 0 N–H and O–H groups in total. The van der Waals surface area contributed by atoms with Gasteiger partial charge in [-0.2, -0.15) is 8.42 Å². The molecule has 1 aromatic rings. The summed E-state index contributed by atoms with van der Waals surface area (Å²) in [5.41, 5.74) is 0. The lowest BCUT2D eigenvalue weighted by atomic mass is 10.1. The van der Waals surface area contributed by atoms with Crippen molar-refractivity contribution in [3.63, 3.8) is 0 Å². The van der Waals surface area contributed by atoms with Crippen LogP contribution in [0.25, 0.3) is 0 Å². The highest BCUT2D eigenvalue weighted by Crippen LogP contribution is 2.13. The maximum atomic E-state index is 11.8. The number of hydrogen-bond donors (Lipinski definition) is 0. The molecular formula is C17H28O3S. The quantitative estimate of drug-likeness (QED) is 0.406. The highest BCUT2D eigenvalue weighted by atomic mass is 32.2. The first-order chi connectivity index (χ1) is 10.2. The standard InChI is InChI=1S/C17H28O3S/c1-2-3-4-5-6-7-8-9-13-16-20-21(18,19)17-14-11-10-12-15-17/h10-12,14-15H,2-9,13,16H2,1H3. The Kier molecular flexibility index (Phi) is 9.35. The number of unbranched alkanes of at least 4 members (excludes halogenated alkanes) is 8. The Morgan fingerprint density at radius 3 is 1.90 bits per heavy atom. The van der Waals surface area contributed by atoms with Crippen molar-refractivity contribution in [2.75, 3.05) is 6.61 Å². The molecule has 0 saturated heterocycles. The summed E-state index contributed by atoms with van der Waals surface area (Å²) in [4.78, 5) is 0.237. The highest BCUT2D eigenvalue weighted by Gasteiger charge is 2.13. The molecule has 0 unspecified atom stereocenters. The molecule has 0 aliphatic rings. The summed E-state index contributed by atoms with van der Waals surface area (Å²) in [6.45, 7) is 2.51. The van der Waals surface area contributed by atoms with Crippen LogP contribution in [0.2, 0.25) is 0 Å². The molecule has 0 spiro atoms. The van der Waals surface area contributed by atoms with E-state index in [9.17, 15) is 8.42 Å². The van der Waals surface area contributed by atoms with Gasteiger partial charge in [0.05, 0.1) is 11.5 Å². The molecule has 4 heteroatoms. The van der Waals surface area contributed by atoms with Crippen molar-refractivity contribution in [3.8, 4) is 0 Å². The zero-order chi connectivity index (χ0) is 15.4. The molecule has 0 aliphatic heterocycles. The van der Waals surface area contributed by atoms with E-state index in [0.717, 1.165) is 12.8 Å². The average Bonchev–Trinajstić information content (AvgIpc) is 2.50. The summed E-state index contributed by atoms with van der Waals surface area (Å²) in [6, 6.07) is 8.32. The van der Waals surface area contributed by atoms with Gasteiger partial charge in [0.15, 0.2) is 0 Å². The third-order valence-corrected chi connectivity index (χ3v) is 4.84. The van der Waals surface area contributed by atoms with Crippen LogP contribution in [-0.2, 0) is 14.3 Å². The third kappa shape index (κ3) is 8.22. The molecule has 0 aromatic heterocycles. The zero-order valence-corrected chi connectivity index (χ0v) is 13.9. The predicted octanol–water partition coefficient (Wildman–Crippen LogP) is 4.92. The van der Waals surface area contributed by atoms with E-state index in [-0.39, 0.29) is 11.5 Å². The van der Waals surface area contributed by atoms with Crippen LogP contribution in [-0.4, -0.2) is 15.0 Å². The maximum Gasteiger partial charge on any atom is 0.296 e. The summed E-state index contributed by atoms with van der Waals surface area (Å²) in [6.07, 6.45) is 10.8. The second-order valence-electron chi connectivity index (χ2n) is 5.42. The fourth-order valence-corrected chi connectivity index (χ4v) is 3.20. The smallest absolute Gasteiger partial charge is 0.266 e. The first-order valence-corrected chi connectivity index (χ1v) is 9.52. The molecule has 3 nitrogen and oxygen atoms in total. The van der Waals surface area contributed by atoms with Crippen molar-refractivity contribution in [1.29, 1.82) is 0 Å². The molecule has 0 bridgehead atoms. The number of hydrogen-bond acceptors (Lipinski definition) is 3. The molecule has 0 aliphatic carbocycles. The summed E-state index contributed by atoms with van der Waals surface area (Å²) in [5.74, 6) is 0. The minimum Gasteiger partial charge on any atom is -0.266 e. The molecule has 0 amide bonds. The van der Waals surface area contributed by atoms with Gasteiger partial charge in [0.2, 0.25) is 0 Å². The Balaban J connectivity index is 2.04. The van der Waals surface area contributed by atoms with E-state index in [1.165, 1.54) is 44.9 Å². The van der Waals surface area contributed by atoms with Crippen molar-refractivity contribution in [2.24, 2.45) is 0 Å². The van der Waals surface area contributed by atoms with E-state index in [1.807, 2.05) is 0 Å². The Labute approximate surface area is 129 Å². The molecule has 0 fully saturated rings. The Morgan fingerprint density at radius 1 is 0.810 bits per heavy atom. The molecule has 0 radical (unpaired) electrons. The Bertz CT molecular complexity index is 454. The Morgan fingerprint density at radius 2 is 1.33 bits per heavy atom. The molecule has 0 atom stereocenters. The minimum atomic E-state index is -3.57. The van der Waals surface area contributed by atoms with Gasteiger partial charge >= 0.3 is 0 Å². The van der Waals surface area contributed by atoms with Gasteiger partial charge in [-0.15, -0.1) is 0 Å². The zero-order valence-electron chi connectivity index (χ0n) is 13.1. The van der Waals surface area contributed by atoms with Gasteiger partial charge < -0.3 is 0 Å². The summed E-state index contributed by atoms with van der Waals surface area (Å²) < 4.78 is 28.7. The average molecular weight is 312 g/mol. The summed E-state index contributed by atoms with van der Waals surface area (Å²) in [5, 5.41) is 0. The van der Waals surface area contributed by atoms with Crippen molar-refractivity contribution >= 4 is 10.1 Å². The number of benzene rings is 1. The molecule has 21 heavy (non-hydrogen) atoms. The lowest BCUT2D eigenvalue weighted by Crippen LogP contribution is -2.07. The van der Waals surface area contributed by atoms with E-state index in [0.29, 0.717) is 0 Å². The highest BCUT2D eigenvalue weighted by molar-refractivity contribution is 7.86. The van der Waals surface area contributed by atoms with E-state index >= 15 is 0 Å². The van der Waals surface area contributed by atoms with E-state index < -0.39 is 10.1 Å². The van der Waals surface area contributed by atoms with Crippen LogP contribution in [0.5, 0.6) is 0 Å². The topological polar surface area (TPSA) is 43.4 Å². The predicted molar refractivity (Wildman–Crippen MR) is 86.8 cm³/mol. The van der Waals surface area contributed by atoms with Gasteiger partial charge in [0.1, 0.15) is 0 Å². The summed E-state index contributed by atoms with van der Waals surface area (Å²) >= 11 is 0. The van der Waals surface area contributed by atoms with Crippen LogP contribution in [0, 0.1) is 0 Å². The van der Waals surface area contributed by atoms with Gasteiger partial charge in [-0.25, -0.2) is 0 Å². The minimum absolute atomic E-state index is 0.237. The van der Waals surface area contributed by atoms with Crippen molar-refractivity contribution in [2.45, 2.75) is 69.6 Å². The van der Waals surface area contributed by atoms with Crippen LogP contribution in [0.1, 0.15) is 64.7 Å². The van der Waals surface area contributed by atoms with Crippen LogP contribution in [0.15, 0.2) is 35.2 Å². The van der Waals surface area contributed by atoms with Gasteiger partial charge in [-0.3, -0.25) is 4.18 Å². The van der Waals surface area contributed by atoms with E-state index in [4.69, 9.17) is 4.18 Å². The fraction of sp³-hybridized carbons (Fsp3) is 0.647. The van der Waals surface area contributed by atoms with E-state index in [2.05, 4.69) is 6.92 Å². The van der Waals surface area contributed by atoms with Gasteiger partial charge in [-0.05, 0) is 18.6 Å². The maximum absolute atomic E-state index is 11.8. The third-order valence-electron chi connectivity index (χ3n) is 3.52. The molecule has 0 heterocycles. The second-order valence-corrected chi connectivity index (χ2v) is 7.03.